The van der Waals surface area contributed by atoms with Crippen molar-refractivity contribution in [2.45, 2.75) is 13.3 Å². The maximum Gasteiger partial charge on any atom is 0.304 e. The Hall–Kier alpha value is -2.15. The average molecular weight is 292 g/mol. The molecule has 0 radical (unpaired) electrons. The molecule has 2 heterocycles. The van der Waals surface area contributed by atoms with E-state index in [2.05, 4.69) is 9.88 Å². The number of piperazine rings is 1. The Morgan fingerprint density at radius 3 is 2.52 bits per heavy atom. The average Bonchev–Trinajstić information content (AvgIpc) is 2.45. The van der Waals surface area contributed by atoms with Crippen LogP contribution in [0.5, 0.6) is 0 Å². The van der Waals surface area contributed by atoms with Gasteiger partial charge in [-0.15, -0.1) is 0 Å². The van der Waals surface area contributed by atoms with Crippen molar-refractivity contribution >= 4 is 17.7 Å². The lowest BCUT2D eigenvalue weighted by Gasteiger charge is -2.35. The molecule has 21 heavy (non-hydrogen) atoms. The Kier molecular flexibility index (Phi) is 4.74. The van der Waals surface area contributed by atoms with Crippen LogP contribution in [0.15, 0.2) is 12.1 Å². The van der Waals surface area contributed by atoms with E-state index in [0.717, 1.165) is 18.8 Å². The molecule has 1 amide bonds. The first-order valence-electron chi connectivity index (χ1n) is 6.94. The smallest absolute Gasteiger partial charge is 0.304 e. The fourth-order valence-corrected chi connectivity index (χ4v) is 2.41. The standard InChI is InChI=1S/C14H20N4O3/c1-10-2-3-11(13(15)21)14(16-10)18-8-6-17(7-9-18)5-4-12(19)20/h2-3H,4-9H2,1H3,(H2,15,21)(H,19,20). The van der Waals surface area contributed by atoms with Crippen LogP contribution in [-0.2, 0) is 4.79 Å². The summed E-state index contributed by atoms with van der Waals surface area (Å²) in [5.41, 5.74) is 6.66. The third-order valence-corrected chi connectivity index (χ3v) is 3.59. The second-order valence-corrected chi connectivity index (χ2v) is 5.16. The summed E-state index contributed by atoms with van der Waals surface area (Å²) in [6.45, 7) is 5.33. The highest BCUT2D eigenvalue weighted by Gasteiger charge is 2.22. The highest BCUT2D eigenvalue weighted by atomic mass is 16.4. The quantitative estimate of drug-likeness (QED) is 0.797. The van der Waals surface area contributed by atoms with Crippen LogP contribution in [0.3, 0.4) is 0 Å². The second-order valence-electron chi connectivity index (χ2n) is 5.16. The summed E-state index contributed by atoms with van der Waals surface area (Å²) < 4.78 is 0. The van der Waals surface area contributed by atoms with Gasteiger partial charge in [0.05, 0.1) is 12.0 Å². The molecule has 0 bridgehead atoms. The van der Waals surface area contributed by atoms with Crippen LogP contribution in [0.2, 0.25) is 0 Å². The highest BCUT2D eigenvalue weighted by Crippen LogP contribution is 2.20. The molecule has 2 rings (SSSR count). The Balaban J connectivity index is 2.03. The minimum atomic E-state index is -0.784. The predicted molar refractivity (Wildman–Crippen MR) is 78.4 cm³/mol. The minimum absolute atomic E-state index is 0.148. The van der Waals surface area contributed by atoms with Gasteiger partial charge in [-0.25, -0.2) is 4.98 Å². The molecule has 7 nitrogen and oxygen atoms in total. The molecular weight excluding hydrogens is 272 g/mol. The number of pyridine rings is 1. The Morgan fingerprint density at radius 1 is 1.29 bits per heavy atom. The number of amides is 1. The van der Waals surface area contributed by atoms with E-state index in [1.807, 2.05) is 11.8 Å². The molecule has 1 aliphatic rings. The molecule has 3 N–H and O–H groups in total. The number of primary amides is 1. The van der Waals surface area contributed by atoms with Crippen LogP contribution in [0.1, 0.15) is 22.5 Å². The van der Waals surface area contributed by atoms with E-state index in [1.165, 1.54) is 0 Å². The number of carboxylic acids is 1. The van der Waals surface area contributed by atoms with Gasteiger partial charge in [-0.05, 0) is 19.1 Å². The molecule has 1 aromatic rings. The number of rotatable bonds is 5. The summed E-state index contributed by atoms with van der Waals surface area (Å²) in [5.74, 6) is -0.639. The summed E-state index contributed by atoms with van der Waals surface area (Å²) in [4.78, 5) is 30.6. The van der Waals surface area contributed by atoms with Gasteiger partial charge in [0.15, 0.2) is 0 Å². The minimum Gasteiger partial charge on any atom is -0.481 e. The molecule has 1 fully saturated rings. The molecule has 0 unspecified atom stereocenters. The first kappa shape index (κ1) is 15.2. The SMILES string of the molecule is Cc1ccc(C(N)=O)c(N2CCN(CCC(=O)O)CC2)n1. The normalized spacial score (nSPS) is 16.0. The molecular formula is C14H20N4O3. The lowest BCUT2D eigenvalue weighted by atomic mass is 10.2. The van der Waals surface area contributed by atoms with Crippen molar-refractivity contribution in [2.75, 3.05) is 37.6 Å². The van der Waals surface area contributed by atoms with E-state index in [1.54, 1.807) is 12.1 Å². The predicted octanol–water partition coefficient (Wildman–Crippen LogP) is 0.0856. The summed E-state index contributed by atoms with van der Waals surface area (Å²) in [6.07, 6.45) is 0.148. The Labute approximate surface area is 123 Å². The van der Waals surface area contributed by atoms with Gasteiger partial charge >= 0.3 is 5.97 Å². The van der Waals surface area contributed by atoms with Gasteiger partial charge in [-0.2, -0.15) is 0 Å². The van der Waals surface area contributed by atoms with Crippen molar-refractivity contribution in [1.29, 1.82) is 0 Å². The van der Waals surface area contributed by atoms with E-state index < -0.39 is 11.9 Å². The number of carbonyl (C=O) groups is 2. The van der Waals surface area contributed by atoms with Crippen molar-refractivity contribution in [3.63, 3.8) is 0 Å². The van der Waals surface area contributed by atoms with Crippen LogP contribution in [0.4, 0.5) is 5.82 Å². The number of nitrogens with two attached hydrogens (primary N) is 1. The van der Waals surface area contributed by atoms with Gasteiger partial charge in [-0.1, -0.05) is 0 Å². The number of aromatic nitrogens is 1. The maximum atomic E-state index is 11.5. The number of carboxylic acid groups (broad SMARTS) is 1. The van der Waals surface area contributed by atoms with Crippen LogP contribution in [0.25, 0.3) is 0 Å². The summed E-state index contributed by atoms with van der Waals surface area (Å²) >= 11 is 0. The van der Waals surface area contributed by atoms with Gasteiger partial charge in [0.1, 0.15) is 5.82 Å². The fourth-order valence-electron chi connectivity index (χ4n) is 2.41. The number of aryl methyl sites for hydroxylation is 1. The van der Waals surface area contributed by atoms with E-state index in [-0.39, 0.29) is 6.42 Å². The number of aliphatic carboxylic acids is 1. The van der Waals surface area contributed by atoms with Crippen molar-refractivity contribution in [3.05, 3.63) is 23.4 Å². The van der Waals surface area contributed by atoms with E-state index in [0.29, 0.717) is 31.0 Å². The van der Waals surface area contributed by atoms with Crippen molar-refractivity contribution in [2.24, 2.45) is 5.73 Å². The summed E-state index contributed by atoms with van der Waals surface area (Å²) in [6, 6.07) is 3.48. The lowest BCUT2D eigenvalue weighted by Crippen LogP contribution is -2.47. The van der Waals surface area contributed by atoms with Crippen LogP contribution >= 0.6 is 0 Å². The van der Waals surface area contributed by atoms with Crippen LogP contribution < -0.4 is 10.6 Å². The first-order valence-corrected chi connectivity index (χ1v) is 6.94. The van der Waals surface area contributed by atoms with E-state index in [9.17, 15) is 9.59 Å². The number of anilines is 1. The lowest BCUT2D eigenvalue weighted by molar-refractivity contribution is -0.137. The highest BCUT2D eigenvalue weighted by molar-refractivity contribution is 5.97. The van der Waals surface area contributed by atoms with Crippen molar-refractivity contribution < 1.29 is 14.7 Å². The summed E-state index contributed by atoms with van der Waals surface area (Å²) in [7, 11) is 0. The molecule has 0 saturated carbocycles. The molecule has 7 heteroatoms. The molecule has 1 aromatic heterocycles. The molecule has 0 aliphatic carbocycles. The van der Waals surface area contributed by atoms with Gasteiger partial charge in [0.25, 0.3) is 5.91 Å². The molecule has 1 aliphatic heterocycles. The topological polar surface area (TPSA) is 99.8 Å². The molecule has 0 atom stereocenters. The van der Waals surface area contributed by atoms with Gasteiger partial charge < -0.3 is 15.7 Å². The van der Waals surface area contributed by atoms with Crippen LogP contribution in [0, 0.1) is 6.92 Å². The maximum absolute atomic E-state index is 11.5. The monoisotopic (exact) mass is 292 g/mol. The van der Waals surface area contributed by atoms with E-state index in [4.69, 9.17) is 10.8 Å². The molecule has 0 spiro atoms. The van der Waals surface area contributed by atoms with E-state index >= 15 is 0 Å². The zero-order chi connectivity index (χ0) is 15.4. The van der Waals surface area contributed by atoms with Crippen molar-refractivity contribution in [1.82, 2.24) is 9.88 Å². The zero-order valence-corrected chi connectivity index (χ0v) is 12.1. The van der Waals surface area contributed by atoms with Gasteiger partial charge in [-0.3, -0.25) is 14.5 Å². The number of hydrogen-bond donors (Lipinski definition) is 2. The Morgan fingerprint density at radius 2 is 1.95 bits per heavy atom. The Bertz CT molecular complexity index is 539. The number of nitrogens with zero attached hydrogens (tertiary/aromatic N) is 3. The molecule has 0 aromatic carbocycles. The molecule has 1 saturated heterocycles. The first-order chi connectivity index (χ1) is 9.97. The van der Waals surface area contributed by atoms with Gasteiger partial charge in [0.2, 0.25) is 0 Å². The number of hydrogen-bond acceptors (Lipinski definition) is 5. The van der Waals surface area contributed by atoms with Crippen LogP contribution in [-0.4, -0.2) is 59.6 Å². The van der Waals surface area contributed by atoms with Crippen molar-refractivity contribution in [3.8, 4) is 0 Å². The summed E-state index contributed by atoms with van der Waals surface area (Å²) in [5, 5.41) is 8.70. The molecule has 114 valence electrons. The third kappa shape index (κ3) is 3.91. The second kappa shape index (κ2) is 6.53. The largest absolute Gasteiger partial charge is 0.481 e. The fraction of sp³-hybridized carbons (Fsp3) is 0.500. The zero-order valence-electron chi connectivity index (χ0n) is 12.1. The van der Waals surface area contributed by atoms with Gasteiger partial charge in [0, 0.05) is 38.4 Å². The number of carbonyl (C=O) groups excluding carboxylic acids is 1. The third-order valence-electron chi connectivity index (χ3n) is 3.59.